The predicted octanol–water partition coefficient (Wildman–Crippen LogP) is 6.75. The topological polar surface area (TPSA) is 144 Å². The molecule has 9 atom stereocenters. The van der Waals surface area contributed by atoms with Crippen molar-refractivity contribution >= 4 is 40.3 Å². The Morgan fingerprint density at radius 2 is 1.55 bits per heavy atom. The van der Waals surface area contributed by atoms with Gasteiger partial charge in [-0.15, -0.1) is 0 Å². The Morgan fingerprint density at radius 1 is 0.943 bits per heavy atom. The molecule has 13 heteroatoms. The predicted molar refractivity (Wildman–Crippen MR) is 203 cm³/mol. The Labute approximate surface area is 316 Å². The van der Waals surface area contributed by atoms with Crippen molar-refractivity contribution in [3.8, 4) is 0 Å². The van der Waals surface area contributed by atoms with Crippen LogP contribution in [0.2, 0.25) is 37.8 Å². The van der Waals surface area contributed by atoms with Crippen molar-refractivity contribution in [2.45, 2.75) is 149 Å². The number of carbonyl (C=O) groups is 4. The quantitative estimate of drug-likeness (QED) is 0.170. The maximum absolute atomic E-state index is 15.9. The summed E-state index contributed by atoms with van der Waals surface area (Å²) in [6, 6.07) is 8.45. The lowest BCUT2D eigenvalue weighted by Gasteiger charge is -2.68. The van der Waals surface area contributed by atoms with Gasteiger partial charge in [-0.1, -0.05) is 59.7 Å². The molecule has 294 valence electrons. The molecular weight excluding hydrogens is 713 g/mol. The maximum atomic E-state index is 15.9. The zero-order valence-corrected chi connectivity index (χ0v) is 36.0. The van der Waals surface area contributed by atoms with E-state index in [9.17, 15) is 19.5 Å². The molecule has 0 aromatic heterocycles. The average molecular weight is 773 g/mol. The number of esters is 3. The molecular formula is C40H60O11Si2. The summed E-state index contributed by atoms with van der Waals surface area (Å²) in [6.45, 7) is 26.2. The van der Waals surface area contributed by atoms with Gasteiger partial charge in [-0.05, 0) is 62.4 Å². The van der Waals surface area contributed by atoms with Crippen molar-refractivity contribution in [1.82, 2.24) is 0 Å². The SMILES string of the molecule is CC(=O)OC1=C2C(C)[C@@H](O[Si](C)(C)C)C[C@@](O)([C@@H](OC(=O)c3ccccc3)[C@@H]3[C@]4(OC(C)=O)CO[C@@H]4C[C@H](O[Si](C)(C)C(C)(C)C)[C@@]3(C)C1=O)C2(C)C. The molecule has 1 saturated heterocycles. The maximum Gasteiger partial charge on any atom is 0.338 e. The minimum Gasteiger partial charge on any atom is -0.455 e. The van der Waals surface area contributed by atoms with E-state index in [4.69, 9.17) is 27.8 Å². The van der Waals surface area contributed by atoms with Crippen molar-refractivity contribution in [2.75, 3.05) is 6.61 Å². The third-order valence-electron chi connectivity index (χ3n) is 12.9. The van der Waals surface area contributed by atoms with Crippen molar-refractivity contribution in [1.29, 1.82) is 0 Å². The number of carbonyl (C=O) groups excluding carboxylic acids is 4. The minimum absolute atomic E-state index is 0.00519. The van der Waals surface area contributed by atoms with Crippen molar-refractivity contribution in [2.24, 2.45) is 22.7 Å². The van der Waals surface area contributed by atoms with E-state index in [2.05, 4.69) is 33.9 Å². The molecule has 1 aromatic rings. The summed E-state index contributed by atoms with van der Waals surface area (Å²) >= 11 is 0. The van der Waals surface area contributed by atoms with E-state index in [0.29, 0.717) is 5.57 Å². The minimum atomic E-state index is -2.67. The molecule has 1 aromatic carbocycles. The second-order valence-electron chi connectivity index (χ2n) is 18.9. The lowest BCUT2D eigenvalue weighted by atomic mass is 9.45. The normalized spacial score (nSPS) is 35.5. The Hall–Kier alpha value is -2.69. The molecule has 0 amide bonds. The highest BCUT2D eigenvalue weighted by Gasteiger charge is 2.78. The Morgan fingerprint density at radius 3 is 2.04 bits per heavy atom. The van der Waals surface area contributed by atoms with Crippen LogP contribution in [-0.4, -0.2) is 87.7 Å². The van der Waals surface area contributed by atoms with Gasteiger partial charge in [0.15, 0.2) is 28.0 Å². The molecule has 1 unspecified atom stereocenters. The molecule has 11 nitrogen and oxygen atoms in total. The molecule has 1 N–H and O–H groups in total. The number of rotatable bonds is 8. The molecule has 5 rings (SSSR count). The standard InChI is InChI=1S/C40H60O11Si2/c1-23-27(50-52(10,11)12)21-40(45)34(48-35(44)26-18-16-15-17-19-26)32-38(9,33(43)31(47-24(2)41)30(23)37(40,7)8)28(51-53(13,14)36(4,5)6)20-29-39(32,22-46-29)49-25(3)42/h15-19,23,27-29,32,34,45H,20-22H2,1-14H3/t23?,27-,28-,29+,32-,34-,38+,39-,40+/m0/s1. The number of aliphatic hydroxyl groups is 1. The summed E-state index contributed by atoms with van der Waals surface area (Å²) in [4.78, 5) is 56.5. The number of ether oxygens (including phenoxy) is 4. The summed E-state index contributed by atoms with van der Waals surface area (Å²) in [5.41, 5.74) is -5.87. The second kappa shape index (κ2) is 13.5. The average Bonchev–Trinajstić information content (AvgIpc) is 3.00. The van der Waals surface area contributed by atoms with Gasteiger partial charge in [-0.25, -0.2) is 4.79 Å². The molecule has 0 spiro atoms. The number of benzene rings is 1. The summed E-state index contributed by atoms with van der Waals surface area (Å²) in [5.74, 6) is -4.49. The molecule has 3 aliphatic carbocycles. The third-order valence-corrected chi connectivity index (χ3v) is 18.4. The van der Waals surface area contributed by atoms with Crippen LogP contribution < -0.4 is 0 Å². The second-order valence-corrected chi connectivity index (χ2v) is 28.1. The van der Waals surface area contributed by atoms with Gasteiger partial charge in [0, 0.05) is 38.0 Å². The number of Topliss-reactive ketones (excluding diaryl/α,β-unsaturated/α-hetero) is 1. The molecule has 1 aliphatic heterocycles. The van der Waals surface area contributed by atoms with Crippen LogP contribution in [0.1, 0.15) is 85.5 Å². The van der Waals surface area contributed by atoms with E-state index in [1.165, 1.54) is 13.8 Å². The van der Waals surface area contributed by atoms with Crippen LogP contribution in [-0.2, 0) is 42.2 Å². The summed E-state index contributed by atoms with van der Waals surface area (Å²) in [7, 11) is -4.98. The first-order valence-electron chi connectivity index (χ1n) is 18.8. The van der Waals surface area contributed by atoms with E-state index in [0.717, 1.165) is 0 Å². The number of hydrogen-bond acceptors (Lipinski definition) is 11. The monoisotopic (exact) mass is 772 g/mol. The largest absolute Gasteiger partial charge is 0.455 e. The number of allylic oxidation sites excluding steroid dienone is 1. The van der Waals surface area contributed by atoms with E-state index in [1.54, 1.807) is 51.1 Å². The lowest BCUT2D eigenvalue weighted by molar-refractivity contribution is -0.344. The van der Waals surface area contributed by atoms with Crippen molar-refractivity contribution < 1.29 is 52.1 Å². The van der Waals surface area contributed by atoms with Crippen molar-refractivity contribution in [3.05, 3.63) is 47.2 Å². The Bertz CT molecular complexity index is 1670. The molecule has 53 heavy (non-hydrogen) atoms. The fourth-order valence-corrected chi connectivity index (χ4v) is 11.8. The zero-order chi connectivity index (χ0) is 39.9. The van der Waals surface area contributed by atoms with Gasteiger partial charge in [-0.3, -0.25) is 14.4 Å². The van der Waals surface area contributed by atoms with E-state index in [-0.39, 0.29) is 35.8 Å². The number of ketones is 1. The third kappa shape index (κ3) is 6.81. The lowest BCUT2D eigenvalue weighted by Crippen LogP contribution is -2.81. The summed E-state index contributed by atoms with van der Waals surface area (Å²) in [5, 5.41) is 13.5. The summed E-state index contributed by atoms with van der Waals surface area (Å²) < 4.78 is 39.2. The Balaban J connectivity index is 1.93. The number of hydrogen-bond donors (Lipinski definition) is 1. The highest BCUT2D eigenvalue weighted by Crippen LogP contribution is 2.66. The van der Waals surface area contributed by atoms with Crippen LogP contribution in [0.5, 0.6) is 0 Å². The first-order valence-corrected chi connectivity index (χ1v) is 25.1. The first kappa shape index (κ1) is 41.5. The Kier molecular flexibility index (Phi) is 10.6. The van der Waals surface area contributed by atoms with Crippen LogP contribution in [0.25, 0.3) is 0 Å². The highest BCUT2D eigenvalue weighted by atomic mass is 28.4. The molecule has 2 saturated carbocycles. The van der Waals surface area contributed by atoms with Gasteiger partial charge in [0.05, 0.1) is 35.7 Å². The van der Waals surface area contributed by atoms with Gasteiger partial charge in [0.25, 0.3) is 0 Å². The van der Waals surface area contributed by atoms with Gasteiger partial charge >= 0.3 is 17.9 Å². The van der Waals surface area contributed by atoms with Gasteiger partial charge in [0.2, 0.25) is 5.78 Å². The molecule has 3 fully saturated rings. The molecule has 1 heterocycles. The zero-order valence-electron chi connectivity index (χ0n) is 34.0. The van der Waals surface area contributed by atoms with E-state index < -0.39 is 98.6 Å². The van der Waals surface area contributed by atoms with E-state index >= 15 is 4.79 Å². The van der Waals surface area contributed by atoms with Crippen LogP contribution >= 0.6 is 0 Å². The molecule has 4 aliphatic rings. The first-order chi connectivity index (χ1) is 24.1. The van der Waals surface area contributed by atoms with Gasteiger partial charge in [0.1, 0.15) is 17.8 Å². The van der Waals surface area contributed by atoms with Crippen LogP contribution in [0, 0.1) is 22.7 Å². The highest BCUT2D eigenvalue weighted by molar-refractivity contribution is 6.74. The molecule has 2 bridgehead atoms. The van der Waals surface area contributed by atoms with Gasteiger partial charge < -0.3 is 32.9 Å². The number of fused-ring (bicyclic) bond motifs is 5. The van der Waals surface area contributed by atoms with Crippen LogP contribution in [0.3, 0.4) is 0 Å². The van der Waals surface area contributed by atoms with Gasteiger partial charge in [-0.2, -0.15) is 0 Å². The smallest absolute Gasteiger partial charge is 0.338 e. The van der Waals surface area contributed by atoms with Crippen molar-refractivity contribution in [3.63, 3.8) is 0 Å². The van der Waals surface area contributed by atoms with Crippen LogP contribution in [0.4, 0.5) is 0 Å². The fraction of sp³-hybridized carbons (Fsp3) is 0.700. The molecule has 0 radical (unpaired) electrons. The summed E-state index contributed by atoms with van der Waals surface area (Å²) in [6.07, 6.45) is -3.59. The van der Waals surface area contributed by atoms with E-state index in [1.807, 2.05) is 26.6 Å². The van der Waals surface area contributed by atoms with Crippen LogP contribution in [0.15, 0.2) is 41.7 Å². The fourth-order valence-electron chi connectivity index (χ4n) is 9.16.